The number of ether oxygens (including phenoxy) is 1. The fourth-order valence-electron chi connectivity index (χ4n) is 3.78. The molecule has 7 nitrogen and oxygen atoms in total. The van der Waals surface area contributed by atoms with Gasteiger partial charge in [-0.2, -0.15) is 0 Å². The summed E-state index contributed by atoms with van der Waals surface area (Å²) in [7, 11) is 0. The van der Waals surface area contributed by atoms with Crippen LogP contribution in [0.4, 0.5) is 9.59 Å². The van der Waals surface area contributed by atoms with Crippen LogP contribution in [0.3, 0.4) is 0 Å². The third-order valence-corrected chi connectivity index (χ3v) is 5.34. The highest BCUT2D eigenvalue weighted by Gasteiger charge is 2.29. The molecule has 134 valence electrons. The molecule has 2 atom stereocenters. The summed E-state index contributed by atoms with van der Waals surface area (Å²) in [4.78, 5) is 27.7. The van der Waals surface area contributed by atoms with Crippen LogP contribution in [-0.2, 0) is 4.74 Å². The number of hydrogen-bond acceptors (Lipinski definition) is 3. The Bertz CT molecular complexity index is 476. The molecule has 0 aromatic carbocycles. The Morgan fingerprint density at radius 1 is 1.33 bits per heavy atom. The molecule has 24 heavy (non-hydrogen) atoms. The third-order valence-electron chi connectivity index (χ3n) is 5.34. The number of likely N-dealkylation sites (tertiary alicyclic amines) is 1. The fourth-order valence-corrected chi connectivity index (χ4v) is 3.78. The SMILES string of the molecule is C=C[C@@H]1OCC[C@H]1CNC(=O)N1CCC(CN2CCNC2=O)CC1. The van der Waals surface area contributed by atoms with Crippen molar-refractivity contribution in [1.29, 1.82) is 0 Å². The van der Waals surface area contributed by atoms with Crippen LogP contribution in [0, 0.1) is 11.8 Å². The minimum Gasteiger partial charge on any atom is -0.374 e. The average Bonchev–Trinajstić information content (AvgIpc) is 3.22. The molecule has 0 aromatic heterocycles. The molecule has 0 aliphatic carbocycles. The number of nitrogens with one attached hydrogen (secondary N) is 2. The van der Waals surface area contributed by atoms with Gasteiger partial charge in [-0.3, -0.25) is 0 Å². The average molecular weight is 336 g/mol. The predicted octanol–water partition coefficient (Wildman–Crippen LogP) is 1.02. The maximum atomic E-state index is 12.3. The number of rotatable bonds is 5. The van der Waals surface area contributed by atoms with Crippen LogP contribution in [0.15, 0.2) is 12.7 Å². The summed E-state index contributed by atoms with van der Waals surface area (Å²) in [6.07, 6.45) is 4.77. The molecule has 3 saturated heterocycles. The highest BCUT2D eigenvalue weighted by Crippen LogP contribution is 2.22. The number of hydrogen-bond donors (Lipinski definition) is 2. The van der Waals surface area contributed by atoms with E-state index in [1.807, 2.05) is 15.9 Å². The zero-order valence-corrected chi connectivity index (χ0v) is 14.2. The van der Waals surface area contributed by atoms with Crippen molar-refractivity contribution >= 4 is 12.1 Å². The molecule has 3 heterocycles. The van der Waals surface area contributed by atoms with Crippen LogP contribution in [0.1, 0.15) is 19.3 Å². The minimum atomic E-state index is 0.0158. The summed E-state index contributed by atoms with van der Waals surface area (Å²) in [6.45, 7) is 9.05. The van der Waals surface area contributed by atoms with Gasteiger partial charge in [0, 0.05) is 51.8 Å². The van der Waals surface area contributed by atoms with Gasteiger partial charge in [0.05, 0.1) is 6.10 Å². The van der Waals surface area contributed by atoms with Crippen LogP contribution < -0.4 is 10.6 Å². The Morgan fingerprint density at radius 2 is 2.12 bits per heavy atom. The third kappa shape index (κ3) is 4.01. The molecule has 0 unspecified atom stereocenters. The largest absolute Gasteiger partial charge is 0.374 e. The molecule has 4 amide bonds. The summed E-state index contributed by atoms with van der Waals surface area (Å²) in [5.41, 5.74) is 0. The van der Waals surface area contributed by atoms with Gasteiger partial charge in [-0.15, -0.1) is 6.58 Å². The standard InChI is InChI=1S/C17H28N4O3/c1-2-15-14(5-10-24-15)11-19-17(23)20-7-3-13(4-8-20)12-21-9-6-18-16(21)22/h2,13-15H,1,3-12H2,(H,18,22)(H,19,23)/t14-,15-/m0/s1. The molecule has 0 aromatic rings. The smallest absolute Gasteiger partial charge is 0.317 e. The number of piperidine rings is 1. The lowest BCUT2D eigenvalue weighted by Crippen LogP contribution is -2.47. The molecule has 0 spiro atoms. The Hall–Kier alpha value is -1.76. The Kier molecular flexibility index (Phi) is 5.60. The van der Waals surface area contributed by atoms with E-state index >= 15 is 0 Å². The van der Waals surface area contributed by atoms with Crippen molar-refractivity contribution < 1.29 is 14.3 Å². The second kappa shape index (κ2) is 7.88. The highest BCUT2D eigenvalue weighted by molar-refractivity contribution is 5.76. The van der Waals surface area contributed by atoms with Crippen LogP contribution >= 0.6 is 0 Å². The molecule has 0 bridgehead atoms. The molecule has 7 heteroatoms. The maximum absolute atomic E-state index is 12.3. The van der Waals surface area contributed by atoms with Gasteiger partial charge >= 0.3 is 12.1 Å². The van der Waals surface area contributed by atoms with Gasteiger partial charge < -0.3 is 25.2 Å². The summed E-state index contributed by atoms with van der Waals surface area (Å²) >= 11 is 0. The first-order valence-corrected chi connectivity index (χ1v) is 8.97. The van der Waals surface area contributed by atoms with Crippen molar-refractivity contribution in [3.8, 4) is 0 Å². The van der Waals surface area contributed by atoms with Crippen LogP contribution in [0.5, 0.6) is 0 Å². The molecule has 3 fully saturated rings. The Morgan fingerprint density at radius 3 is 2.79 bits per heavy atom. The number of urea groups is 2. The van der Waals surface area contributed by atoms with E-state index in [0.717, 1.165) is 58.6 Å². The van der Waals surface area contributed by atoms with E-state index in [0.29, 0.717) is 18.4 Å². The molecule has 3 aliphatic rings. The lowest BCUT2D eigenvalue weighted by Gasteiger charge is -2.33. The van der Waals surface area contributed by atoms with E-state index < -0.39 is 0 Å². The van der Waals surface area contributed by atoms with Crippen molar-refractivity contribution in [2.24, 2.45) is 11.8 Å². The summed E-state index contributed by atoms with van der Waals surface area (Å²) < 4.78 is 5.56. The first-order chi connectivity index (χ1) is 11.7. The topological polar surface area (TPSA) is 73.9 Å². The summed E-state index contributed by atoms with van der Waals surface area (Å²) in [5, 5.41) is 5.87. The first-order valence-electron chi connectivity index (χ1n) is 8.97. The van der Waals surface area contributed by atoms with Gasteiger partial charge in [-0.1, -0.05) is 6.08 Å². The van der Waals surface area contributed by atoms with Gasteiger partial charge in [0.1, 0.15) is 0 Å². The Balaban J connectivity index is 1.37. The van der Waals surface area contributed by atoms with Gasteiger partial charge in [0.15, 0.2) is 0 Å². The second-order valence-corrected chi connectivity index (χ2v) is 6.91. The number of amides is 4. The lowest BCUT2D eigenvalue weighted by atomic mass is 9.96. The number of nitrogens with zero attached hydrogens (tertiary/aromatic N) is 2. The number of carbonyl (C=O) groups excluding carboxylic acids is 2. The quantitative estimate of drug-likeness (QED) is 0.736. The molecule has 2 N–H and O–H groups in total. The molecule has 3 rings (SSSR count). The van der Waals surface area contributed by atoms with Gasteiger partial charge in [-0.05, 0) is 25.2 Å². The van der Waals surface area contributed by atoms with Crippen molar-refractivity contribution in [3.05, 3.63) is 12.7 Å². The molecule has 0 saturated carbocycles. The van der Waals surface area contributed by atoms with Crippen molar-refractivity contribution in [1.82, 2.24) is 20.4 Å². The van der Waals surface area contributed by atoms with Crippen molar-refractivity contribution in [2.75, 3.05) is 45.9 Å². The van der Waals surface area contributed by atoms with E-state index in [9.17, 15) is 9.59 Å². The van der Waals surface area contributed by atoms with Crippen LogP contribution in [-0.4, -0.2) is 73.8 Å². The van der Waals surface area contributed by atoms with Gasteiger partial charge in [0.25, 0.3) is 0 Å². The van der Waals surface area contributed by atoms with E-state index in [1.165, 1.54) is 0 Å². The predicted molar refractivity (Wildman–Crippen MR) is 90.7 cm³/mol. The van der Waals surface area contributed by atoms with E-state index in [2.05, 4.69) is 17.2 Å². The zero-order valence-electron chi connectivity index (χ0n) is 14.2. The second-order valence-electron chi connectivity index (χ2n) is 6.91. The molecular weight excluding hydrogens is 308 g/mol. The minimum absolute atomic E-state index is 0.0158. The van der Waals surface area contributed by atoms with Crippen molar-refractivity contribution in [3.63, 3.8) is 0 Å². The maximum Gasteiger partial charge on any atom is 0.317 e. The monoisotopic (exact) mass is 336 g/mol. The lowest BCUT2D eigenvalue weighted by molar-refractivity contribution is 0.125. The van der Waals surface area contributed by atoms with E-state index in [4.69, 9.17) is 4.74 Å². The number of carbonyl (C=O) groups is 2. The zero-order chi connectivity index (χ0) is 16.9. The van der Waals surface area contributed by atoms with Gasteiger partial charge in [-0.25, -0.2) is 9.59 Å². The summed E-state index contributed by atoms with van der Waals surface area (Å²) in [6, 6.07) is 0.0628. The van der Waals surface area contributed by atoms with Crippen molar-refractivity contribution in [2.45, 2.75) is 25.4 Å². The highest BCUT2D eigenvalue weighted by atomic mass is 16.5. The van der Waals surface area contributed by atoms with Crippen LogP contribution in [0.2, 0.25) is 0 Å². The van der Waals surface area contributed by atoms with E-state index in [-0.39, 0.29) is 18.2 Å². The van der Waals surface area contributed by atoms with E-state index in [1.54, 1.807) is 0 Å². The Labute approximate surface area is 143 Å². The molecule has 3 aliphatic heterocycles. The molecule has 0 radical (unpaired) electrons. The fraction of sp³-hybridized carbons (Fsp3) is 0.765. The first kappa shape index (κ1) is 17.1. The van der Waals surface area contributed by atoms with Crippen LogP contribution in [0.25, 0.3) is 0 Å². The van der Waals surface area contributed by atoms with Gasteiger partial charge in [0.2, 0.25) is 0 Å². The summed E-state index contributed by atoms with van der Waals surface area (Å²) in [5.74, 6) is 0.823. The normalized spacial score (nSPS) is 28.1. The molecular formula is C17H28N4O3.